The van der Waals surface area contributed by atoms with Crippen molar-refractivity contribution in [1.29, 1.82) is 0 Å². The third-order valence-electron chi connectivity index (χ3n) is 2.96. The predicted molar refractivity (Wildman–Crippen MR) is 83.5 cm³/mol. The first-order valence-corrected chi connectivity index (χ1v) is 6.92. The number of benzene rings is 1. The van der Waals surface area contributed by atoms with Gasteiger partial charge in [0.1, 0.15) is 11.4 Å². The molecule has 106 valence electrons. The average molecular weight is 319 g/mol. The average Bonchev–Trinajstić information content (AvgIpc) is 2.90. The van der Waals surface area contributed by atoms with Crippen LogP contribution in [-0.4, -0.2) is 26.9 Å². The van der Waals surface area contributed by atoms with Crippen LogP contribution in [0.4, 0.5) is 0 Å². The molecule has 0 saturated carbocycles. The molecule has 0 spiro atoms. The molecule has 0 amide bonds. The quantitative estimate of drug-likeness (QED) is 0.749. The molecule has 0 aliphatic heterocycles. The molecule has 0 radical (unpaired) electrons. The SMILES string of the molecule is COc1cc(-n2c(-c3ccccn3)n[nH]c2=S)ccc1Cl. The minimum absolute atomic E-state index is 0.472. The van der Waals surface area contributed by atoms with Gasteiger partial charge in [-0.15, -0.1) is 0 Å². The fraction of sp³-hybridized carbons (Fsp3) is 0.0714. The number of nitrogens with one attached hydrogen (secondary N) is 1. The molecular weight excluding hydrogens is 308 g/mol. The van der Waals surface area contributed by atoms with Gasteiger partial charge < -0.3 is 4.74 Å². The summed E-state index contributed by atoms with van der Waals surface area (Å²) in [6, 6.07) is 11.0. The Morgan fingerprint density at radius 3 is 2.86 bits per heavy atom. The number of H-pyrrole nitrogens is 1. The molecule has 1 N–H and O–H groups in total. The van der Waals surface area contributed by atoms with Gasteiger partial charge >= 0.3 is 0 Å². The van der Waals surface area contributed by atoms with E-state index in [9.17, 15) is 0 Å². The van der Waals surface area contributed by atoms with Gasteiger partial charge in [0.2, 0.25) is 0 Å². The van der Waals surface area contributed by atoms with E-state index in [1.165, 1.54) is 0 Å². The lowest BCUT2D eigenvalue weighted by Gasteiger charge is -2.09. The van der Waals surface area contributed by atoms with Crippen LogP contribution < -0.4 is 4.74 Å². The van der Waals surface area contributed by atoms with Crippen molar-refractivity contribution in [2.24, 2.45) is 0 Å². The monoisotopic (exact) mass is 318 g/mol. The van der Waals surface area contributed by atoms with Crippen LogP contribution in [0.25, 0.3) is 17.2 Å². The molecule has 2 aromatic heterocycles. The lowest BCUT2D eigenvalue weighted by Crippen LogP contribution is -1.99. The summed E-state index contributed by atoms with van der Waals surface area (Å²) in [4.78, 5) is 4.30. The van der Waals surface area contributed by atoms with Gasteiger partial charge in [-0.3, -0.25) is 14.6 Å². The van der Waals surface area contributed by atoms with E-state index < -0.39 is 0 Å². The summed E-state index contributed by atoms with van der Waals surface area (Å²) in [5, 5.41) is 7.58. The van der Waals surface area contributed by atoms with Crippen molar-refractivity contribution in [3.8, 4) is 23.0 Å². The number of nitrogens with zero attached hydrogens (tertiary/aromatic N) is 3. The van der Waals surface area contributed by atoms with Crippen molar-refractivity contribution in [3.05, 3.63) is 52.4 Å². The van der Waals surface area contributed by atoms with Crippen molar-refractivity contribution in [3.63, 3.8) is 0 Å². The molecule has 0 bridgehead atoms. The Bertz CT molecular complexity index is 828. The van der Waals surface area contributed by atoms with E-state index in [-0.39, 0.29) is 0 Å². The fourth-order valence-corrected chi connectivity index (χ4v) is 2.42. The molecule has 3 aromatic rings. The molecule has 0 unspecified atom stereocenters. The smallest absolute Gasteiger partial charge is 0.200 e. The van der Waals surface area contributed by atoms with Crippen LogP contribution in [0.2, 0.25) is 5.02 Å². The van der Waals surface area contributed by atoms with Crippen LogP contribution in [0.1, 0.15) is 0 Å². The molecule has 0 atom stereocenters. The Labute approximate surface area is 131 Å². The predicted octanol–water partition coefficient (Wildman–Crippen LogP) is 3.65. The number of hydrogen-bond acceptors (Lipinski definition) is 4. The minimum Gasteiger partial charge on any atom is -0.495 e. The molecule has 2 heterocycles. The maximum atomic E-state index is 6.06. The van der Waals surface area contributed by atoms with E-state index in [0.29, 0.717) is 21.4 Å². The first kappa shape index (κ1) is 13.8. The van der Waals surface area contributed by atoms with E-state index in [1.807, 2.05) is 24.3 Å². The Balaban J connectivity index is 2.20. The summed E-state index contributed by atoms with van der Waals surface area (Å²) in [5.74, 6) is 1.20. The number of aromatic nitrogens is 4. The highest BCUT2D eigenvalue weighted by Gasteiger charge is 2.13. The number of methoxy groups -OCH3 is 1. The van der Waals surface area contributed by atoms with Crippen molar-refractivity contribution >= 4 is 23.8 Å². The van der Waals surface area contributed by atoms with Gasteiger partial charge in [-0.1, -0.05) is 17.7 Å². The Hall–Kier alpha value is -2.18. The van der Waals surface area contributed by atoms with Crippen molar-refractivity contribution in [2.45, 2.75) is 0 Å². The largest absolute Gasteiger partial charge is 0.495 e. The van der Waals surface area contributed by atoms with Crippen LogP contribution in [-0.2, 0) is 0 Å². The molecule has 1 aromatic carbocycles. The molecule has 0 fully saturated rings. The standard InChI is InChI=1S/C14H11ClN4OS/c1-20-12-8-9(5-6-10(12)15)19-13(17-18-14(19)21)11-4-2-3-7-16-11/h2-8H,1H3,(H,18,21). The summed E-state index contributed by atoms with van der Waals surface area (Å²) in [5.41, 5.74) is 1.52. The Morgan fingerprint density at radius 2 is 2.14 bits per heavy atom. The van der Waals surface area contributed by atoms with Crippen molar-refractivity contribution < 1.29 is 4.74 Å². The van der Waals surface area contributed by atoms with E-state index >= 15 is 0 Å². The molecule has 7 heteroatoms. The molecule has 0 saturated heterocycles. The van der Waals surface area contributed by atoms with E-state index in [2.05, 4.69) is 15.2 Å². The minimum atomic E-state index is 0.472. The van der Waals surface area contributed by atoms with Crippen molar-refractivity contribution in [2.75, 3.05) is 7.11 Å². The van der Waals surface area contributed by atoms with Gasteiger partial charge in [-0.05, 0) is 36.5 Å². The number of aromatic amines is 1. The van der Waals surface area contributed by atoms with Crippen LogP contribution in [0.15, 0.2) is 42.6 Å². The normalized spacial score (nSPS) is 10.6. The second kappa shape index (κ2) is 5.67. The molecule has 3 rings (SSSR count). The summed E-state index contributed by atoms with van der Waals surface area (Å²) >= 11 is 11.4. The summed E-state index contributed by atoms with van der Waals surface area (Å²) in [6.07, 6.45) is 1.71. The molecule has 21 heavy (non-hydrogen) atoms. The lowest BCUT2D eigenvalue weighted by molar-refractivity contribution is 0.415. The number of hydrogen-bond donors (Lipinski definition) is 1. The summed E-state index contributed by atoms with van der Waals surface area (Å²) in [6.45, 7) is 0. The van der Waals surface area contributed by atoms with E-state index in [1.54, 1.807) is 30.0 Å². The van der Waals surface area contributed by atoms with E-state index in [0.717, 1.165) is 11.4 Å². The van der Waals surface area contributed by atoms with Crippen molar-refractivity contribution in [1.82, 2.24) is 19.7 Å². The summed E-state index contributed by atoms with van der Waals surface area (Å²) in [7, 11) is 1.57. The highest BCUT2D eigenvalue weighted by atomic mass is 35.5. The molecule has 5 nitrogen and oxygen atoms in total. The third-order valence-corrected chi connectivity index (χ3v) is 3.55. The van der Waals surface area contributed by atoms with Gasteiger partial charge in [0.15, 0.2) is 10.6 Å². The molecule has 0 aliphatic rings. The van der Waals surface area contributed by atoms with E-state index in [4.69, 9.17) is 28.6 Å². The highest BCUT2D eigenvalue weighted by molar-refractivity contribution is 7.71. The molecule has 0 aliphatic carbocycles. The number of pyridine rings is 1. The molecular formula is C14H11ClN4OS. The van der Waals surface area contributed by atoms with Crippen LogP contribution in [0.5, 0.6) is 5.75 Å². The third kappa shape index (κ3) is 2.55. The van der Waals surface area contributed by atoms with Crippen LogP contribution in [0.3, 0.4) is 0 Å². The Kier molecular flexibility index (Phi) is 3.72. The number of rotatable bonds is 3. The fourth-order valence-electron chi connectivity index (χ4n) is 1.99. The van der Waals surface area contributed by atoms with Crippen LogP contribution >= 0.6 is 23.8 Å². The zero-order valence-electron chi connectivity index (χ0n) is 11.1. The number of halogens is 1. The zero-order valence-corrected chi connectivity index (χ0v) is 12.6. The van der Waals surface area contributed by atoms with Crippen LogP contribution in [0, 0.1) is 4.77 Å². The summed E-state index contributed by atoms with van der Waals surface area (Å²) < 4.78 is 7.50. The second-order valence-corrected chi connectivity index (χ2v) is 5.02. The maximum absolute atomic E-state index is 6.06. The van der Waals surface area contributed by atoms with Gasteiger partial charge in [-0.2, -0.15) is 5.10 Å². The number of ether oxygens (including phenoxy) is 1. The lowest BCUT2D eigenvalue weighted by atomic mass is 10.2. The topological polar surface area (TPSA) is 55.7 Å². The first-order valence-electron chi connectivity index (χ1n) is 6.13. The highest BCUT2D eigenvalue weighted by Crippen LogP contribution is 2.28. The first-order chi connectivity index (χ1) is 10.2. The second-order valence-electron chi connectivity index (χ2n) is 4.22. The van der Waals surface area contributed by atoms with Gasteiger partial charge in [0.25, 0.3) is 0 Å². The van der Waals surface area contributed by atoms with Gasteiger partial charge in [0, 0.05) is 12.3 Å². The maximum Gasteiger partial charge on any atom is 0.200 e. The zero-order chi connectivity index (χ0) is 14.8. The Morgan fingerprint density at radius 1 is 1.29 bits per heavy atom. The van der Waals surface area contributed by atoms with Gasteiger partial charge in [0.05, 0.1) is 17.8 Å². The van der Waals surface area contributed by atoms with Gasteiger partial charge in [-0.25, -0.2) is 0 Å².